The fourth-order valence-electron chi connectivity index (χ4n) is 1.34. The number of amides is 1. The molecule has 1 aromatic carbocycles. The van der Waals surface area contributed by atoms with Crippen molar-refractivity contribution >= 4 is 6.09 Å². The van der Waals surface area contributed by atoms with Crippen LogP contribution in [-0.4, -0.2) is 55.9 Å². The first-order valence-corrected chi connectivity index (χ1v) is 6.22. The molecule has 0 aliphatic heterocycles. The van der Waals surface area contributed by atoms with Gasteiger partial charge < -0.3 is 29.7 Å². The van der Waals surface area contributed by atoms with E-state index >= 15 is 0 Å². The number of ether oxygens (including phenoxy) is 3. The largest absolute Gasteiger partial charge is 0.508 e. The van der Waals surface area contributed by atoms with Crippen molar-refractivity contribution in [3.63, 3.8) is 0 Å². The highest BCUT2D eigenvalue weighted by Gasteiger charge is 1.96. The van der Waals surface area contributed by atoms with Crippen LogP contribution >= 0.6 is 0 Å². The predicted molar refractivity (Wildman–Crippen MR) is 71.3 cm³/mol. The fourth-order valence-corrected chi connectivity index (χ4v) is 1.34. The van der Waals surface area contributed by atoms with Crippen molar-refractivity contribution in [3.05, 3.63) is 24.3 Å². The Bertz CT molecular complexity index is 398. The van der Waals surface area contributed by atoms with Crippen LogP contribution in [0, 0.1) is 0 Å². The minimum Gasteiger partial charge on any atom is -0.508 e. The van der Waals surface area contributed by atoms with E-state index in [-0.39, 0.29) is 12.3 Å². The molecule has 0 aliphatic carbocycles. The number of carboxylic acid groups (broad SMARTS) is 1. The van der Waals surface area contributed by atoms with Gasteiger partial charge in [-0.3, -0.25) is 0 Å². The van der Waals surface area contributed by atoms with Crippen molar-refractivity contribution in [2.24, 2.45) is 0 Å². The molecule has 7 nitrogen and oxygen atoms in total. The van der Waals surface area contributed by atoms with Gasteiger partial charge in [0.2, 0.25) is 0 Å². The summed E-state index contributed by atoms with van der Waals surface area (Å²) in [6.07, 6.45) is -1.06. The van der Waals surface area contributed by atoms with E-state index in [1.54, 1.807) is 18.2 Å². The van der Waals surface area contributed by atoms with Crippen molar-refractivity contribution in [3.8, 4) is 11.5 Å². The zero-order valence-corrected chi connectivity index (χ0v) is 11.1. The van der Waals surface area contributed by atoms with Gasteiger partial charge in [-0.15, -0.1) is 0 Å². The van der Waals surface area contributed by atoms with E-state index in [0.717, 1.165) is 0 Å². The maximum atomic E-state index is 10.1. The normalized spacial score (nSPS) is 10.2. The molecule has 1 aromatic rings. The third kappa shape index (κ3) is 8.17. The third-order valence-corrected chi connectivity index (χ3v) is 2.21. The first-order chi connectivity index (χ1) is 9.68. The second kappa shape index (κ2) is 9.88. The molecule has 0 radical (unpaired) electrons. The van der Waals surface area contributed by atoms with Gasteiger partial charge in [0.05, 0.1) is 26.4 Å². The molecule has 0 aromatic heterocycles. The predicted octanol–water partition coefficient (Wildman–Crippen LogP) is 1.07. The monoisotopic (exact) mass is 285 g/mol. The van der Waals surface area contributed by atoms with Gasteiger partial charge in [-0.05, 0) is 12.1 Å². The highest BCUT2D eigenvalue weighted by Crippen LogP contribution is 2.17. The molecule has 0 unspecified atom stereocenters. The van der Waals surface area contributed by atoms with Crippen LogP contribution in [0.4, 0.5) is 4.79 Å². The molecular weight excluding hydrogens is 266 g/mol. The molecule has 0 spiro atoms. The maximum Gasteiger partial charge on any atom is 0.404 e. The van der Waals surface area contributed by atoms with Crippen LogP contribution in [0.1, 0.15) is 0 Å². The standard InChI is InChI=1S/C13H19NO6/c15-11-2-1-3-12(10-11)20-9-8-19-7-6-18-5-4-14-13(16)17/h1-3,10,14-15H,4-9H2,(H,16,17). The molecule has 0 heterocycles. The number of hydrogen-bond acceptors (Lipinski definition) is 5. The van der Waals surface area contributed by atoms with Crippen LogP contribution in [-0.2, 0) is 9.47 Å². The Kier molecular flexibility index (Phi) is 7.93. The molecule has 0 saturated heterocycles. The van der Waals surface area contributed by atoms with E-state index in [9.17, 15) is 9.90 Å². The lowest BCUT2D eigenvalue weighted by molar-refractivity contribution is 0.0373. The van der Waals surface area contributed by atoms with Gasteiger partial charge in [0.1, 0.15) is 18.1 Å². The highest BCUT2D eigenvalue weighted by atomic mass is 16.5. The fraction of sp³-hybridized carbons (Fsp3) is 0.462. The molecule has 1 amide bonds. The average molecular weight is 285 g/mol. The first-order valence-electron chi connectivity index (χ1n) is 6.22. The molecule has 0 saturated carbocycles. The highest BCUT2D eigenvalue weighted by molar-refractivity contribution is 5.64. The van der Waals surface area contributed by atoms with Gasteiger partial charge >= 0.3 is 6.09 Å². The molecule has 20 heavy (non-hydrogen) atoms. The summed E-state index contributed by atoms with van der Waals surface area (Å²) in [6.45, 7) is 2.17. The van der Waals surface area contributed by atoms with E-state index in [2.05, 4.69) is 5.32 Å². The summed E-state index contributed by atoms with van der Waals surface area (Å²) in [6, 6.07) is 6.54. The average Bonchev–Trinajstić information content (AvgIpc) is 2.40. The Morgan fingerprint density at radius 2 is 1.80 bits per heavy atom. The summed E-state index contributed by atoms with van der Waals surface area (Å²) in [4.78, 5) is 10.1. The molecule has 1 rings (SSSR count). The van der Waals surface area contributed by atoms with Crippen molar-refractivity contribution in [1.29, 1.82) is 0 Å². The molecule has 0 fully saturated rings. The van der Waals surface area contributed by atoms with Gasteiger partial charge in [0, 0.05) is 12.6 Å². The van der Waals surface area contributed by atoms with Crippen molar-refractivity contribution in [2.45, 2.75) is 0 Å². The van der Waals surface area contributed by atoms with Gasteiger partial charge in [-0.1, -0.05) is 6.07 Å². The van der Waals surface area contributed by atoms with E-state index < -0.39 is 6.09 Å². The van der Waals surface area contributed by atoms with Gasteiger partial charge in [-0.25, -0.2) is 4.79 Å². The molecule has 7 heteroatoms. The number of hydrogen-bond donors (Lipinski definition) is 3. The number of nitrogens with one attached hydrogen (secondary N) is 1. The van der Waals surface area contributed by atoms with Gasteiger partial charge in [0.25, 0.3) is 0 Å². The smallest absolute Gasteiger partial charge is 0.404 e. The molecule has 0 bridgehead atoms. The van der Waals surface area contributed by atoms with Crippen molar-refractivity contribution in [1.82, 2.24) is 5.32 Å². The van der Waals surface area contributed by atoms with Crippen LogP contribution < -0.4 is 10.1 Å². The Morgan fingerprint density at radius 3 is 2.50 bits per heavy atom. The summed E-state index contributed by atoms with van der Waals surface area (Å²) in [5.41, 5.74) is 0. The number of phenols is 1. The summed E-state index contributed by atoms with van der Waals surface area (Å²) < 4.78 is 15.8. The maximum absolute atomic E-state index is 10.1. The first kappa shape index (κ1) is 16.1. The SMILES string of the molecule is O=C(O)NCCOCCOCCOc1cccc(O)c1. The van der Waals surface area contributed by atoms with E-state index in [1.807, 2.05) is 0 Å². The lowest BCUT2D eigenvalue weighted by atomic mass is 10.3. The molecule has 0 aliphatic rings. The topological polar surface area (TPSA) is 97.3 Å². The van der Waals surface area contributed by atoms with Crippen LogP contribution in [0.5, 0.6) is 11.5 Å². The number of aromatic hydroxyl groups is 1. The molecule has 3 N–H and O–H groups in total. The van der Waals surface area contributed by atoms with Gasteiger partial charge in [0.15, 0.2) is 0 Å². The van der Waals surface area contributed by atoms with Crippen LogP contribution in [0.3, 0.4) is 0 Å². The second-order valence-electron chi connectivity index (χ2n) is 3.80. The summed E-state index contributed by atoms with van der Waals surface area (Å²) in [5, 5.41) is 19.7. The van der Waals surface area contributed by atoms with E-state index in [1.165, 1.54) is 6.07 Å². The Labute approximate surface area is 117 Å². The summed E-state index contributed by atoms with van der Waals surface area (Å²) in [7, 11) is 0. The number of carbonyl (C=O) groups is 1. The minimum absolute atomic E-state index is 0.159. The van der Waals surface area contributed by atoms with E-state index in [0.29, 0.717) is 38.8 Å². The third-order valence-electron chi connectivity index (χ3n) is 2.21. The summed E-state index contributed by atoms with van der Waals surface area (Å²) >= 11 is 0. The lowest BCUT2D eigenvalue weighted by Gasteiger charge is -2.08. The number of rotatable bonds is 10. The Balaban J connectivity index is 1.89. The molecule has 112 valence electrons. The van der Waals surface area contributed by atoms with Gasteiger partial charge in [-0.2, -0.15) is 0 Å². The lowest BCUT2D eigenvalue weighted by Crippen LogP contribution is -2.25. The number of phenolic OH excluding ortho intramolecular Hbond substituents is 1. The van der Waals surface area contributed by atoms with Crippen LogP contribution in [0.25, 0.3) is 0 Å². The van der Waals surface area contributed by atoms with Crippen molar-refractivity contribution in [2.75, 3.05) is 39.6 Å². The zero-order valence-electron chi connectivity index (χ0n) is 11.1. The molecular formula is C13H19NO6. The molecule has 0 atom stereocenters. The zero-order chi connectivity index (χ0) is 14.6. The quantitative estimate of drug-likeness (QED) is 0.556. The minimum atomic E-state index is -1.06. The Hall–Kier alpha value is -1.99. The van der Waals surface area contributed by atoms with Crippen molar-refractivity contribution < 1.29 is 29.2 Å². The second-order valence-corrected chi connectivity index (χ2v) is 3.80. The Morgan fingerprint density at radius 1 is 1.10 bits per heavy atom. The summed E-state index contributed by atoms with van der Waals surface area (Å²) in [5.74, 6) is 0.747. The number of benzene rings is 1. The van der Waals surface area contributed by atoms with E-state index in [4.69, 9.17) is 19.3 Å². The van der Waals surface area contributed by atoms with Crippen LogP contribution in [0.15, 0.2) is 24.3 Å². The van der Waals surface area contributed by atoms with Crippen LogP contribution in [0.2, 0.25) is 0 Å².